The summed E-state index contributed by atoms with van der Waals surface area (Å²) in [5, 5.41) is 3.22. The minimum atomic E-state index is 0.0259. The van der Waals surface area contributed by atoms with Gasteiger partial charge in [0.2, 0.25) is 0 Å². The second-order valence-electron chi connectivity index (χ2n) is 3.33. The monoisotopic (exact) mass is 195 g/mol. The van der Waals surface area contributed by atoms with E-state index < -0.39 is 0 Å². The van der Waals surface area contributed by atoms with Gasteiger partial charge in [0, 0.05) is 19.0 Å². The second kappa shape index (κ2) is 4.39. The van der Waals surface area contributed by atoms with Crippen LogP contribution in [-0.4, -0.2) is 31.6 Å². The Kier molecular flexibility index (Phi) is 2.96. The molecule has 1 N–H and O–H groups in total. The lowest BCUT2D eigenvalue weighted by Gasteiger charge is -2.22. The van der Waals surface area contributed by atoms with Gasteiger partial charge in [0.25, 0.3) is 0 Å². The molecule has 4 nitrogen and oxygen atoms in total. The summed E-state index contributed by atoms with van der Waals surface area (Å²) in [7, 11) is 0. The van der Waals surface area contributed by atoms with E-state index >= 15 is 0 Å². The smallest absolute Gasteiger partial charge is 0.199 e. The molecular weight excluding hydrogens is 182 g/mol. The highest BCUT2D eigenvalue weighted by molar-refractivity contribution is 5.93. The van der Waals surface area contributed by atoms with Crippen molar-refractivity contribution in [2.24, 2.45) is 0 Å². The van der Waals surface area contributed by atoms with E-state index in [1.165, 1.54) is 6.26 Å². The third-order valence-electron chi connectivity index (χ3n) is 2.23. The Labute approximate surface area is 82.2 Å². The van der Waals surface area contributed by atoms with E-state index in [1.807, 2.05) is 0 Å². The molecular formula is C10H13NO3. The molecule has 1 aliphatic rings. The lowest BCUT2D eigenvalue weighted by Crippen LogP contribution is -2.42. The fourth-order valence-corrected chi connectivity index (χ4v) is 1.51. The number of ether oxygens (including phenoxy) is 1. The molecule has 0 unspecified atom stereocenters. The highest BCUT2D eigenvalue weighted by atomic mass is 16.5. The zero-order valence-corrected chi connectivity index (χ0v) is 7.86. The van der Waals surface area contributed by atoms with Crippen LogP contribution in [0.1, 0.15) is 17.0 Å². The zero-order valence-electron chi connectivity index (χ0n) is 7.86. The first-order chi connectivity index (χ1) is 6.86. The van der Waals surface area contributed by atoms with E-state index in [1.54, 1.807) is 12.1 Å². The number of ketones is 1. The van der Waals surface area contributed by atoms with E-state index in [0.717, 1.165) is 13.2 Å². The molecule has 0 saturated carbocycles. The van der Waals surface area contributed by atoms with Crippen LogP contribution in [0.2, 0.25) is 0 Å². The number of rotatable bonds is 3. The Morgan fingerprint density at radius 3 is 3.21 bits per heavy atom. The number of morpholine rings is 1. The van der Waals surface area contributed by atoms with Crippen molar-refractivity contribution in [3.63, 3.8) is 0 Å². The number of nitrogens with one attached hydrogen (secondary N) is 1. The van der Waals surface area contributed by atoms with E-state index in [0.29, 0.717) is 18.8 Å². The van der Waals surface area contributed by atoms with Gasteiger partial charge < -0.3 is 14.5 Å². The summed E-state index contributed by atoms with van der Waals surface area (Å²) in [6.07, 6.45) is 1.95. The number of hydrogen-bond donors (Lipinski definition) is 1. The number of carbonyl (C=O) groups excluding carboxylic acids is 1. The van der Waals surface area contributed by atoms with E-state index in [9.17, 15) is 4.79 Å². The lowest BCUT2D eigenvalue weighted by atomic mass is 10.1. The maximum atomic E-state index is 11.6. The minimum absolute atomic E-state index is 0.0259. The summed E-state index contributed by atoms with van der Waals surface area (Å²) in [5.74, 6) is 0.454. The van der Waals surface area contributed by atoms with Crippen LogP contribution in [0, 0.1) is 0 Å². The molecule has 1 fully saturated rings. The van der Waals surface area contributed by atoms with Gasteiger partial charge in [-0.25, -0.2) is 0 Å². The Morgan fingerprint density at radius 2 is 2.57 bits per heavy atom. The molecule has 4 heteroatoms. The molecule has 0 radical (unpaired) electrons. The first-order valence-electron chi connectivity index (χ1n) is 4.74. The Bertz CT molecular complexity index is 288. The summed E-state index contributed by atoms with van der Waals surface area (Å²) in [5.41, 5.74) is 0. The second-order valence-corrected chi connectivity index (χ2v) is 3.33. The molecule has 0 amide bonds. The minimum Gasteiger partial charge on any atom is -0.461 e. The molecule has 1 atom stereocenters. The molecule has 0 bridgehead atoms. The van der Waals surface area contributed by atoms with Gasteiger partial charge in [-0.1, -0.05) is 0 Å². The van der Waals surface area contributed by atoms with Crippen LogP contribution in [0.15, 0.2) is 22.8 Å². The fraction of sp³-hybridized carbons (Fsp3) is 0.500. The van der Waals surface area contributed by atoms with E-state index in [4.69, 9.17) is 9.15 Å². The van der Waals surface area contributed by atoms with Gasteiger partial charge in [-0.05, 0) is 12.1 Å². The normalized spacial score (nSPS) is 22.1. The molecule has 1 aromatic heterocycles. The summed E-state index contributed by atoms with van der Waals surface area (Å²) in [6.45, 7) is 2.15. The van der Waals surface area contributed by atoms with Crippen molar-refractivity contribution in [3.05, 3.63) is 24.2 Å². The van der Waals surface area contributed by atoms with E-state index in [2.05, 4.69) is 5.32 Å². The molecule has 76 valence electrons. The van der Waals surface area contributed by atoms with Crippen LogP contribution >= 0.6 is 0 Å². The summed E-state index contributed by atoms with van der Waals surface area (Å²) < 4.78 is 10.3. The van der Waals surface area contributed by atoms with Gasteiger partial charge in [-0.15, -0.1) is 0 Å². The molecule has 0 aromatic carbocycles. The number of carbonyl (C=O) groups is 1. The maximum absolute atomic E-state index is 11.6. The van der Waals surface area contributed by atoms with Crippen LogP contribution < -0.4 is 5.32 Å². The van der Waals surface area contributed by atoms with Crippen LogP contribution in [0.25, 0.3) is 0 Å². The summed E-state index contributed by atoms with van der Waals surface area (Å²) >= 11 is 0. The summed E-state index contributed by atoms with van der Waals surface area (Å²) in [6, 6.07) is 3.53. The van der Waals surface area contributed by atoms with Crippen molar-refractivity contribution in [1.29, 1.82) is 0 Å². The molecule has 2 heterocycles. The molecule has 1 aliphatic heterocycles. The van der Waals surface area contributed by atoms with Crippen LogP contribution in [0.3, 0.4) is 0 Å². The van der Waals surface area contributed by atoms with Crippen molar-refractivity contribution in [3.8, 4) is 0 Å². The van der Waals surface area contributed by atoms with Gasteiger partial charge in [-0.2, -0.15) is 0 Å². The van der Waals surface area contributed by atoms with Crippen LogP contribution in [0.4, 0.5) is 0 Å². The zero-order chi connectivity index (χ0) is 9.80. The van der Waals surface area contributed by atoms with Crippen LogP contribution in [-0.2, 0) is 4.74 Å². The lowest BCUT2D eigenvalue weighted by molar-refractivity contribution is 0.0665. The summed E-state index contributed by atoms with van der Waals surface area (Å²) in [4.78, 5) is 11.6. The molecule has 1 aromatic rings. The first-order valence-corrected chi connectivity index (χ1v) is 4.74. The van der Waals surface area contributed by atoms with Gasteiger partial charge >= 0.3 is 0 Å². The highest BCUT2D eigenvalue weighted by Gasteiger charge is 2.18. The quantitative estimate of drug-likeness (QED) is 0.726. The van der Waals surface area contributed by atoms with Crippen molar-refractivity contribution in [2.75, 3.05) is 19.8 Å². The van der Waals surface area contributed by atoms with Gasteiger partial charge in [0.15, 0.2) is 11.5 Å². The maximum Gasteiger partial charge on any atom is 0.199 e. The number of furan rings is 1. The van der Waals surface area contributed by atoms with Crippen molar-refractivity contribution in [1.82, 2.24) is 5.32 Å². The SMILES string of the molecule is O=C(C[C@@H]1COCCN1)c1ccco1. The molecule has 0 spiro atoms. The average molecular weight is 195 g/mol. The Morgan fingerprint density at radius 1 is 1.64 bits per heavy atom. The van der Waals surface area contributed by atoms with Gasteiger partial charge in [-0.3, -0.25) is 4.79 Å². The third kappa shape index (κ3) is 2.21. The Balaban J connectivity index is 1.87. The largest absolute Gasteiger partial charge is 0.461 e. The van der Waals surface area contributed by atoms with Gasteiger partial charge in [0.05, 0.1) is 19.5 Å². The van der Waals surface area contributed by atoms with Crippen LogP contribution in [0.5, 0.6) is 0 Å². The molecule has 0 aliphatic carbocycles. The number of hydrogen-bond acceptors (Lipinski definition) is 4. The van der Waals surface area contributed by atoms with Crippen molar-refractivity contribution >= 4 is 5.78 Å². The Hall–Kier alpha value is -1.13. The third-order valence-corrected chi connectivity index (χ3v) is 2.23. The predicted molar refractivity (Wildman–Crippen MR) is 50.3 cm³/mol. The van der Waals surface area contributed by atoms with Gasteiger partial charge in [0.1, 0.15) is 0 Å². The molecule has 2 rings (SSSR count). The van der Waals surface area contributed by atoms with Crippen molar-refractivity contribution < 1.29 is 13.9 Å². The number of Topliss-reactive ketones (excluding diaryl/α,β-unsaturated/α-hetero) is 1. The average Bonchev–Trinajstić information content (AvgIpc) is 2.72. The first kappa shape index (κ1) is 9.43. The fourth-order valence-electron chi connectivity index (χ4n) is 1.51. The standard InChI is InChI=1S/C10H13NO3/c12-9(10-2-1-4-14-10)6-8-7-13-5-3-11-8/h1-2,4,8,11H,3,5-7H2/t8-/m1/s1. The molecule has 1 saturated heterocycles. The highest BCUT2D eigenvalue weighted by Crippen LogP contribution is 2.07. The van der Waals surface area contributed by atoms with Crippen molar-refractivity contribution in [2.45, 2.75) is 12.5 Å². The molecule has 14 heavy (non-hydrogen) atoms. The topological polar surface area (TPSA) is 51.5 Å². The van der Waals surface area contributed by atoms with E-state index in [-0.39, 0.29) is 11.8 Å². The predicted octanol–water partition coefficient (Wildman–Crippen LogP) is 0.841.